The molecular formula is C26H24FN3O7. The number of carbonyl (C=O) groups is 2. The molecule has 0 bridgehead atoms. The highest BCUT2D eigenvalue weighted by atomic mass is 19.1. The van der Waals surface area contributed by atoms with Crippen LogP contribution in [0, 0.1) is 5.82 Å². The number of hydrogen-bond donors (Lipinski definition) is 2. The van der Waals surface area contributed by atoms with Gasteiger partial charge in [-0.15, -0.1) is 0 Å². The number of nitrogens with zero attached hydrogens (tertiary/aromatic N) is 3. The second-order valence-corrected chi connectivity index (χ2v) is 9.73. The first-order valence-corrected chi connectivity index (χ1v) is 12.1. The fourth-order valence-electron chi connectivity index (χ4n) is 5.96. The summed E-state index contributed by atoms with van der Waals surface area (Å²) in [5.41, 5.74) is -1.27. The van der Waals surface area contributed by atoms with Gasteiger partial charge in [-0.05, 0) is 37.1 Å². The second-order valence-electron chi connectivity index (χ2n) is 9.73. The fraction of sp³-hybridized carbons (Fsp3) is 0.385. The van der Waals surface area contributed by atoms with E-state index in [2.05, 4.69) is 0 Å². The maximum atomic E-state index is 14.3. The van der Waals surface area contributed by atoms with E-state index >= 15 is 0 Å². The largest absolute Gasteiger partial charge is 0.458 e. The quantitative estimate of drug-likeness (QED) is 0.390. The number of likely N-dealkylation sites (tertiary alicyclic amines) is 1. The summed E-state index contributed by atoms with van der Waals surface area (Å²) in [5, 5.41) is 20.5. The third-order valence-corrected chi connectivity index (χ3v) is 7.89. The molecule has 1 aromatic carbocycles. The van der Waals surface area contributed by atoms with Crippen molar-refractivity contribution in [3.63, 3.8) is 0 Å². The lowest BCUT2D eigenvalue weighted by molar-refractivity contribution is -0.172. The summed E-state index contributed by atoms with van der Waals surface area (Å²) in [7, 11) is 0. The monoisotopic (exact) mass is 509 g/mol. The van der Waals surface area contributed by atoms with Gasteiger partial charge in [0.1, 0.15) is 19.0 Å². The van der Waals surface area contributed by atoms with Crippen molar-refractivity contribution >= 4 is 22.8 Å². The standard InChI is InChI=1S/C26H24FN3O7/c1-2-26(36)17-8-19-22-20(10-29(19)24(34)16(17)12-37-25(26)35)30(14-5-6-28(9-14)21(32)11-31)18-4-3-13(27)7-15(18)23(22)33/h3-4,7-8,14,31,36H,2,5-6,9-12H2,1H3/t14-,26+/m1/s1. The van der Waals surface area contributed by atoms with Crippen molar-refractivity contribution in [2.24, 2.45) is 0 Å². The van der Waals surface area contributed by atoms with Crippen molar-refractivity contribution in [3.05, 3.63) is 67.5 Å². The van der Waals surface area contributed by atoms with Gasteiger partial charge in [-0.25, -0.2) is 9.18 Å². The van der Waals surface area contributed by atoms with Gasteiger partial charge < -0.3 is 29.0 Å². The molecule has 1 saturated heterocycles. The van der Waals surface area contributed by atoms with Crippen LogP contribution >= 0.6 is 0 Å². The molecule has 3 aliphatic rings. The molecule has 6 rings (SSSR count). The Labute approximate surface area is 209 Å². The van der Waals surface area contributed by atoms with Gasteiger partial charge in [-0.3, -0.25) is 14.4 Å². The van der Waals surface area contributed by atoms with Gasteiger partial charge >= 0.3 is 5.97 Å². The fourth-order valence-corrected chi connectivity index (χ4v) is 5.96. The zero-order valence-corrected chi connectivity index (χ0v) is 20.0. The Balaban J connectivity index is 1.63. The summed E-state index contributed by atoms with van der Waals surface area (Å²) < 4.78 is 22.7. The molecule has 5 heterocycles. The summed E-state index contributed by atoms with van der Waals surface area (Å²) in [6, 6.07) is 5.14. The summed E-state index contributed by atoms with van der Waals surface area (Å²) >= 11 is 0. The molecule has 0 spiro atoms. The Morgan fingerprint density at radius 3 is 2.76 bits per heavy atom. The number of hydrogen-bond acceptors (Lipinski definition) is 7. The van der Waals surface area contributed by atoms with Crippen LogP contribution in [-0.2, 0) is 33.1 Å². The Hall–Kier alpha value is -3.83. The van der Waals surface area contributed by atoms with Crippen molar-refractivity contribution < 1.29 is 28.9 Å². The lowest BCUT2D eigenvalue weighted by Gasteiger charge is -2.31. The molecule has 192 valence electrons. The van der Waals surface area contributed by atoms with Crippen LogP contribution in [0.5, 0.6) is 0 Å². The molecule has 37 heavy (non-hydrogen) atoms. The van der Waals surface area contributed by atoms with Gasteiger partial charge in [0.2, 0.25) is 5.91 Å². The third kappa shape index (κ3) is 3.17. The Bertz CT molecular complexity index is 1640. The van der Waals surface area contributed by atoms with Gasteiger partial charge in [0.25, 0.3) is 5.56 Å². The van der Waals surface area contributed by atoms with Crippen molar-refractivity contribution in [1.82, 2.24) is 14.0 Å². The maximum absolute atomic E-state index is 14.3. The second kappa shape index (κ2) is 8.09. The van der Waals surface area contributed by atoms with E-state index in [0.29, 0.717) is 24.2 Å². The summed E-state index contributed by atoms with van der Waals surface area (Å²) in [4.78, 5) is 53.4. The number of aliphatic hydroxyl groups excluding tert-OH is 1. The Morgan fingerprint density at radius 1 is 1.24 bits per heavy atom. The van der Waals surface area contributed by atoms with Crippen LogP contribution in [-0.4, -0.2) is 55.8 Å². The van der Waals surface area contributed by atoms with Crippen LogP contribution in [0.15, 0.2) is 33.9 Å². The molecule has 2 aromatic heterocycles. The van der Waals surface area contributed by atoms with Gasteiger partial charge in [-0.2, -0.15) is 0 Å². The number of cyclic esters (lactones) is 1. The van der Waals surface area contributed by atoms with Crippen LogP contribution < -0.4 is 11.0 Å². The molecule has 0 saturated carbocycles. The van der Waals surface area contributed by atoms with Gasteiger partial charge in [0.15, 0.2) is 11.0 Å². The first-order valence-electron chi connectivity index (χ1n) is 12.1. The number of halogens is 1. The number of amides is 1. The van der Waals surface area contributed by atoms with E-state index in [1.54, 1.807) is 6.92 Å². The molecule has 0 unspecified atom stereocenters. The van der Waals surface area contributed by atoms with E-state index in [9.17, 15) is 33.8 Å². The number of aliphatic hydroxyl groups is 2. The number of esters is 1. The van der Waals surface area contributed by atoms with Crippen LogP contribution in [0.4, 0.5) is 4.39 Å². The number of aromatic nitrogens is 2. The van der Waals surface area contributed by atoms with Crippen molar-refractivity contribution in [1.29, 1.82) is 0 Å². The zero-order chi connectivity index (χ0) is 26.2. The molecule has 0 radical (unpaired) electrons. The number of carbonyl (C=O) groups excluding carboxylic acids is 2. The van der Waals surface area contributed by atoms with E-state index in [0.717, 1.165) is 6.07 Å². The number of rotatable bonds is 3. The van der Waals surface area contributed by atoms with E-state index in [4.69, 9.17) is 4.74 Å². The molecule has 10 nitrogen and oxygen atoms in total. The molecular weight excluding hydrogens is 485 g/mol. The first-order chi connectivity index (χ1) is 17.7. The van der Waals surface area contributed by atoms with E-state index in [1.807, 2.05) is 4.57 Å². The molecule has 0 aliphatic carbocycles. The van der Waals surface area contributed by atoms with Crippen LogP contribution in [0.1, 0.15) is 42.6 Å². The lowest BCUT2D eigenvalue weighted by Crippen LogP contribution is -2.44. The highest BCUT2D eigenvalue weighted by Gasteiger charge is 2.46. The number of ether oxygens (including phenoxy) is 1. The summed E-state index contributed by atoms with van der Waals surface area (Å²) in [6.07, 6.45) is 0.506. The van der Waals surface area contributed by atoms with Crippen LogP contribution in [0.25, 0.3) is 22.2 Å². The Morgan fingerprint density at radius 2 is 2.03 bits per heavy atom. The third-order valence-electron chi connectivity index (χ3n) is 7.89. The van der Waals surface area contributed by atoms with E-state index in [1.165, 1.54) is 27.7 Å². The average Bonchev–Trinajstić information content (AvgIpc) is 3.53. The summed E-state index contributed by atoms with van der Waals surface area (Å²) in [6.45, 7) is 1.41. The molecule has 1 fully saturated rings. The smallest absolute Gasteiger partial charge is 0.343 e. The molecule has 1 amide bonds. The molecule has 3 aliphatic heterocycles. The van der Waals surface area contributed by atoms with Gasteiger partial charge in [0, 0.05) is 24.0 Å². The normalized spacial score (nSPS) is 22.1. The number of benzene rings is 1. The predicted octanol–water partition coefficient (Wildman–Crippen LogP) is 0.751. The SMILES string of the molecule is CC[C@@]1(O)C(=O)OCc2c1cc1n(c2=O)Cc2c-1c(=O)c1cc(F)ccc1n2[C@@H]1CCN(C(=O)CO)C1. The lowest BCUT2D eigenvalue weighted by atomic mass is 9.85. The van der Waals surface area contributed by atoms with E-state index < -0.39 is 40.9 Å². The molecule has 3 aromatic rings. The zero-order valence-electron chi connectivity index (χ0n) is 20.0. The predicted molar refractivity (Wildman–Crippen MR) is 128 cm³/mol. The van der Waals surface area contributed by atoms with Crippen molar-refractivity contribution in [3.8, 4) is 11.3 Å². The van der Waals surface area contributed by atoms with Crippen LogP contribution in [0.2, 0.25) is 0 Å². The van der Waals surface area contributed by atoms with Crippen LogP contribution in [0.3, 0.4) is 0 Å². The minimum atomic E-state index is -2.02. The maximum Gasteiger partial charge on any atom is 0.343 e. The molecule has 2 N–H and O–H groups in total. The highest BCUT2D eigenvalue weighted by molar-refractivity contribution is 5.88. The minimum absolute atomic E-state index is 0.0292. The number of fused-ring (bicyclic) bond motifs is 5. The van der Waals surface area contributed by atoms with Gasteiger partial charge in [-0.1, -0.05) is 6.92 Å². The average molecular weight is 509 g/mol. The minimum Gasteiger partial charge on any atom is -0.458 e. The highest BCUT2D eigenvalue weighted by Crippen LogP contribution is 2.40. The molecule has 11 heteroatoms. The number of pyridine rings is 2. The summed E-state index contributed by atoms with van der Waals surface area (Å²) in [5.74, 6) is -1.86. The Kier molecular flexibility index (Phi) is 5.15. The van der Waals surface area contributed by atoms with E-state index in [-0.39, 0.29) is 59.9 Å². The topological polar surface area (TPSA) is 131 Å². The van der Waals surface area contributed by atoms with Gasteiger partial charge in [0.05, 0.1) is 40.6 Å². The first kappa shape index (κ1) is 23.6. The molecule has 2 atom stereocenters. The van der Waals surface area contributed by atoms with Crippen molar-refractivity contribution in [2.75, 3.05) is 19.7 Å². The van der Waals surface area contributed by atoms with Crippen molar-refractivity contribution in [2.45, 2.75) is 44.6 Å².